The van der Waals surface area contributed by atoms with E-state index in [1.807, 2.05) is 67.7 Å². The molecule has 0 unspecified atom stereocenters. The number of ether oxygens (including phenoxy) is 1. The molecule has 0 spiro atoms. The summed E-state index contributed by atoms with van der Waals surface area (Å²) < 4.78 is 6.06. The highest BCUT2D eigenvalue weighted by Gasteiger charge is 2.20. The zero-order valence-corrected chi connectivity index (χ0v) is 13.8. The highest BCUT2D eigenvalue weighted by atomic mass is 16.5. The summed E-state index contributed by atoms with van der Waals surface area (Å²) in [4.78, 5) is 12.9. The van der Waals surface area contributed by atoms with Crippen LogP contribution < -0.4 is 9.64 Å². The van der Waals surface area contributed by atoms with E-state index in [2.05, 4.69) is 23.1 Å². The van der Waals surface area contributed by atoms with E-state index in [4.69, 9.17) is 4.74 Å². The molecular formula is C22H17NO2. The van der Waals surface area contributed by atoms with E-state index in [-0.39, 0.29) is 0 Å². The molecule has 0 saturated heterocycles. The Morgan fingerprint density at radius 3 is 2.20 bits per heavy atom. The van der Waals surface area contributed by atoms with Crippen molar-refractivity contribution >= 4 is 29.8 Å². The van der Waals surface area contributed by atoms with Crippen molar-refractivity contribution in [1.82, 2.24) is 0 Å². The van der Waals surface area contributed by atoms with Crippen molar-refractivity contribution < 1.29 is 9.53 Å². The molecule has 0 N–H and O–H groups in total. The third-order valence-electron chi connectivity index (χ3n) is 4.33. The summed E-state index contributed by atoms with van der Waals surface area (Å²) in [5, 5.41) is 0. The van der Waals surface area contributed by atoms with Gasteiger partial charge in [-0.2, -0.15) is 0 Å². The zero-order chi connectivity index (χ0) is 17.2. The zero-order valence-electron chi connectivity index (χ0n) is 13.8. The smallest absolute Gasteiger partial charge is 0.151 e. The molecule has 0 amide bonds. The number of hydrogen-bond donors (Lipinski definition) is 0. The van der Waals surface area contributed by atoms with E-state index < -0.39 is 0 Å². The predicted molar refractivity (Wildman–Crippen MR) is 102 cm³/mol. The third-order valence-corrected chi connectivity index (χ3v) is 4.33. The van der Waals surface area contributed by atoms with Crippen LogP contribution in [0.3, 0.4) is 0 Å². The van der Waals surface area contributed by atoms with Crippen LogP contribution in [0.2, 0.25) is 0 Å². The lowest BCUT2D eigenvalue weighted by Crippen LogP contribution is -2.15. The van der Waals surface area contributed by atoms with Gasteiger partial charge in [0.15, 0.2) is 11.5 Å². The second-order valence-corrected chi connectivity index (χ2v) is 5.97. The number of aldehydes is 1. The number of para-hydroxylation sites is 2. The summed E-state index contributed by atoms with van der Waals surface area (Å²) in [6.07, 6.45) is 4.92. The monoisotopic (exact) mass is 327 g/mol. The van der Waals surface area contributed by atoms with E-state index in [9.17, 15) is 4.79 Å². The molecule has 3 aromatic rings. The molecule has 1 aliphatic rings. The molecule has 0 aromatic heterocycles. The van der Waals surface area contributed by atoms with Crippen LogP contribution in [0.5, 0.6) is 11.5 Å². The molecule has 0 bridgehead atoms. The normalized spacial score (nSPS) is 12.4. The molecule has 4 rings (SSSR count). The van der Waals surface area contributed by atoms with Crippen molar-refractivity contribution in [2.75, 3.05) is 11.9 Å². The fourth-order valence-electron chi connectivity index (χ4n) is 2.94. The standard InChI is InChI=1S/C22H17NO2/c1-23-19-4-2-3-5-21(19)25-22-14-17(12-13-20(22)23)9-6-16-7-10-18(15-24)11-8-16/h2-15H,1H3/b9-6+. The number of anilines is 2. The van der Waals surface area contributed by atoms with Crippen LogP contribution in [0.15, 0.2) is 66.7 Å². The Kier molecular flexibility index (Phi) is 3.82. The van der Waals surface area contributed by atoms with Crippen LogP contribution in [0.1, 0.15) is 21.5 Å². The van der Waals surface area contributed by atoms with Gasteiger partial charge in [-0.1, -0.05) is 54.6 Å². The molecule has 0 atom stereocenters. The Hall–Kier alpha value is -3.33. The van der Waals surface area contributed by atoms with Crippen LogP contribution in [0.25, 0.3) is 12.2 Å². The molecular weight excluding hydrogens is 310 g/mol. The van der Waals surface area contributed by atoms with Gasteiger partial charge >= 0.3 is 0 Å². The number of nitrogens with zero attached hydrogens (tertiary/aromatic N) is 1. The fraction of sp³-hybridized carbons (Fsp3) is 0.0455. The average molecular weight is 327 g/mol. The molecule has 3 heteroatoms. The Bertz CT molecular complexity index is 958. The Morgan fingerprint density at radius 1 is 0.760 bits per heavy atom. The summed E-state index contributed by atoms with van der Waals surface area (Å²) in [6.45, 7) is 0. The van der Waals surface area contributed by atoms with Gasteiger partial charge in [0.1, 0.15) is 6.29 Å². The maximum Gasteiger partial charge on any atom is 0.151 e. The van der Waals surface area contributed by atoms with Crippen molar-refractivity contribution in [3.63, 3.8) is 0 Å². The highest BCUT2D eigenvalue weighted by molar-refractivity contribution is 5.80. The maximum atomic E-state index is 10.7. The van der Waals surface area contributed by atoms with E-state index in [1.54, 1.807) is 0 Å². The van der Waals surface area contributed by atoms with Crippen molar-refractivity contribution in [2.45, 2.75) is 0 Å². The summed E-state index contributed by atoms with van der Waals surface area (Å²) in [6, 6.07) is 21.7. The minimum Gasteiger partial charge on any atom is -0.453 e. The first kappa shape index (κ1) is 15.2. The van der Waals surface area contributed by atoms with Crippen LogP contribution in [-0.2, 0) is 0 Å². The number of carbonyl (C=O) groups is 1. The number of rotatable bonds is 3. The van der Waals surface area contributed by atoms with E-state index >= 15 is 0 Å². The molecule has 0 fully saturated rings. The quantitative estimate of drug-likeness (QED) is 0.467. The van der Waals surface area contributed by atoms with Crippen LogP contribution in [0, 0.1) is 0 Å². The predicted octanol–water partition coefficient (Wildman–Crippen LogP) is 5.54. The first-order valence-corrected chi connectivity index (χ1v) is 8.12. The summed E-state index contributed by atoms with van der Waals surface area (Å²) >= 11 is 0. The maximum absolute atomic E-state index is 10.7. The van der Waals surface area contributed by atoms with Gasteiger partial charge in [0.2, 0.25) is 0 Å². The molecule has 3 nitrogen and oxygen atoms in total. The Labute approximate surface area is 146 Å². The van der Waals surface area contributed by atoms with Crippen molar-refractivity contribution in [3.05, 3.63) is 83.4 Å². The van der Waals surface area contributed by atoms with E-state index in [1.165, 1.54) is 0 Å². The molecule has 0 radical (unpaired) electrons. The van der Waals surface area contributed by atoms with Crippen molar-refractivity contribution in [3.8, 4) is 11.5 Å². The summed E-state index contributed by atoms with van der Waals surface area (Å²) in [5.74, 6) is 1.71. The van der Waals surface area contributed by atoms with Gasteiger partial charge in [0.25, 0.3) is 0 Å². The fourth-order valence-corrected chi connectivity index (χ4v) is 2.94. The van der Waals surface area contributed by atoms with Crippen molar-refractivity contribution in [2.24, 2.45) is 0 Å². The molecule has 25 heavy (non-hydrogen) atoms. The topological polar surface area (TPSA) is 29.5 Å². The number of benzene rings is 3. The first-order valence-electron chi connectivity index (χ1n) is 8.12. The third kappa shape index (κ3) is 2.92. The lowest BCUT2D eigenvalue weighted by atomic mass is 10.1. The number of hydrogen-bond acceptors (Lipinski definition) is 3. The molecule has 1 aliphatic heterocycles. The van der Waals surface area contributed by atoms with Crippen LogP contribution in [0.4, 0.5) is 11.4 Å². The van der Waals surface area contributed by atoms with Gasteiger partial charge in [0.05, 0.1) is 11.4 Å². The molecule has 3 aromatic carbocycles. The van der Waals surface area contributed by atoms with Gasteiger partial charge in [-0.25, -0.2) is 0 Å². The number of fused-ring (bicyclic) bond motifs is 2. The summed E-state index contributed by atoms with van der Waals surface area (Å²) in [5.41, 5.74) is 4.90. The lowest BCUT2D eigenvalue weighted by Gasteiger charge is -2.29. The molecule has 1 heterocycles. The summed E-state index contributed by atoms with van der Waals surface area (Å²) in [7, 11) is 2.05. The second-order valence-electron chi connectivity index (χ2n) is 5.97. The Balaban J connectivity index is 1.61. The number of carbonyl (C=O) groups excluding carboxylic acids is 1. The first-order chi connectivity index (χ1) is 12.2. The van der Waals surface area contributed by atoms with Gasteiger partial charge in [-0.05, 0) is 35.4 Å². The van der Waals surface area contributed by atoms with Crippen molar-refractivity contribution in [1.29, 1.82) is 0 Å². The van der Waals surface area contributed by atoms with Gasteiger partial charge in [-0.15, -0.1) is 0 Å². The van der Waals surface area contributed by atoms with Gasteiger partial charge < -0.3 is 9.64 Å². The van der Waals surface area contributed by atoms with Gasteiger partial charge in [0, 0.05) is 12.6 Å². The lowest BCUT2D eigenvalue weighted by molar-refractivity contribution is 0.112. The van der Waals surface area contributed by atoms with Gasteiger partial charge in [-0.3, -0.25) is 4.79 Å². The van der Waals surface area contributed by atoms with Crippen LogP contribution in [-0.4, -0.2) is 13.3 Å². The minimum absolute atomic E-state index is 0.682. The largest absolute Gasteiger partial charge is 0.453 e. The second kappa shape index (κ2) is 6.29. The Morgan fingerprint density at radius 2 is 1.40 bits per heavy atom. The minimum atomic E-state index is 0.682. The molecule has 122 valence electrons. The average Bonchev–Trinajstić information content (AvgIpc) is 2.67. The molecule has 0 aliphatic carbocycles. The van der Waals surface area contributed by atoms with E-state index in [0.29, 0.717) is 5.56 Å². The molecule has 0 saturated carbocycles. The van der Waals surface area contributed by atoms with Crippen LogP contribution >= 0.6 is 0 Å². The van der Waals surface area contributed by atoms with E-state index in [0.717, 1.165) is 40.3 Å². The highest BCUT2D eigenvalue weighted by Crippen LogP contribution is 2.45. The SMILES string of the molecule is CN1c2ccccc2Oc2cc(/C=C/c3ccc(C=O)cc3)ccc21.